The maximum atomic E-state index is 11.4. The molecule has 17 heavy (non-hydrogen) atoms. The fourth-order valence-corrected chi connectivity index (χ4v) is 1.63. The van der Waals surface area contributed by atoms with Crippen LogP contribution in [-0.2, 0) is 9.53 Å². The largest absolute Gasteiger partial charge is 0.383 e. The molecule has 1 unspecified atom stereocenters. The Kier molecular flexibility index (Phi) is 5.12. The lowest BCUT2D eigenvalue weighted by Crippen LogP contribution is -2.35. The minimum absolute atomic E-state index is 0.371. The lowest BCUT2D eigenvalue weighted by Gasteiger charge is -2.16. The van der Waals surface area contributed by atoms with Crippen LogP contribution in [0, 0.1) is 13.8 Å². The number of ether oxygens (including phenoxy) is 1. The summed E-state index contributed by atoms with van der Waals surface area (Å²) in [4.78, 5) is 11.4. The summed E-state index contributed by atoms with van der Waals surface area (Å²) in [7, 11) is 1.62. The molecule has 0 bridgehead atoms. The van der Waals surface area contributed by atoms with E-state index in [4.69, 9.17) is 10.5 Å². The van der Waals surface area contributed by atoms with E-state index in [0.717, 1.165) is 11.1 Å². The molecule has 0 aromatic heterocycles. The number of hydrogen-bond donors (Lipinski definition) is 2. The SMILES string of the molecule is COCCNC(C(N)=O)c1ccc(C)c(C)c1. The Hall–Kier alpha value is -1.39. The van der Waals surface area contributed by atoms with E-state index < -0.39 is 6.04 Å². The highest BCUT2D eigenvalue weighted by atomic mass is 16.5. The normalized spacial score (nSPS) is 12.4. The highest BCUT2D eigenvalue weighted by Gasteiger charge is 2.17. The van der Waals surface area contributed by atoms with Crippen molar-refractivity contribution in [2.75, 3.05) is 20.3 Å². The van der Waals surface area contributed by atoms with Crippen molar-refractivity contribution in [3.63, 3.8) is 0 Å². The van der Waals surface area contributed by atoms with Gasteiger partial charge >= 0.3 is 0 Å². The van der Waals surface area contributed by atoms with Crippen LogP contribution < -0.4 is 11.1 Å². The third-order valence-corrected chi connectivity index (χ3v) is 2.80. The Balaban J connectivity index is 2.82. The Bertz CT molecular complexity index is 391. The molecule has 4 nitrogen and oxygen atoms in total. The van der Waals surface area contributed by atoms with E-state index in [9.17, 15) is 4.79 Å². The van der Waals surface area contributed by atoms with Crippen LogP contribution in [0.2, 0.25) is 0 Å². The molecule has 0 heterocycles. The molecule has 3 N–H and O–H groups in total. The fraction of sp³-hybridized carbons (Fsp3) is 0.462. The molecule has 1 aromatic rings. The zero-order valence-corrected chi connectivity index (χ0v) is 10.6. The van der Waals surface area contributed by atoms with Gasteiger partial charge in [-0.25, -0.2) is 0 Å². The topological polar surface area (TPSA) is 64.3 Å². The molecule has 1 atom stereocenters. The summed E-state index contributed by atoms with van der Waals surface area (Å²) in [5.41, 5.74) is 8.65. The third-order valence-electron chi connectivity index (χ3n) is 2.80. The van der Waals surface area contributed by atoms with Gasteiger partial charge in [0.2, 0.25) is 5.91 Å². The lowest BCUT2D eigenvalue weighted by atomic mass is 10.0. The van der Waals surface area contributed by atoms with Gasteiger partial charge in [0.05, 0.1) is 6.61 Å². The third kappa shape index (κ3) is 3.84. The van der Waals surface area contributed by atoms with Gasteiger partial charge in [-0.2, -0.15) is 0 Å². The van der Waals surface area contributed by atoms with Crippen LogP contribution in [0.5, 0.6) is 0 Å². The van der Waals surface area contributed by atoms with Crippen LogP contribution >= 0.6 is 0 Å². The summed E-state index contributed by atoms with van der Waals surface area (Å²) in [6, 6.07) is 5.46. The number of benzene rings is 1. The Labute approximate surface area is 102 Å². The molecule has 0 saturated carbocycles. The monoisotopic (exact) mass is 236 g/mol. The summed E-state index contributed by atoms with van der Waals surface area (Å²) in [6.07, 6.45) is 0. The van der Waals surface area contributed by atoms with Gasteiger partial charge in [-0.3, -0.25) is 10.1 Å². The number of nitrogens with two attached hydrogens (primary N) is 1. The summed E-state index contributed by atoms with van der Waals surface area (Å²) in [6.45, 7) is 5.20. The lowest BCUT2D eigenvalue weighted by molar-refractivity contribution is -0.120. The second-order valence-corrected chi connectivity index (χ2v) is 4.13. The van der Waals surface area contributed by atoms with Crippen molar-refractivity contribution in [2.45, 2.75) is 19.9 Å². The number of carbonyl (C=O) groups is 1. The van der Waals surface area contributed by atoms with Gasteiger partial charge in [0.15, 0.2) is 0 Å². The molecule has 4 heteroatoms. The van der Waals surface area contributed by atoms with Gasteiger partial charge in [0.25, 0.3) is 0 Å². The average molecular weight is 236 g/mol. The number of hydrogen-bond acceptors (Lipinski definition) is 3. The average Bonchev–Trinajstić information content (AvgIpc) is 2.28. The minimum atomic E-state index is -0.454. The maximum absolute atomic E-state index is 11.4. The smallest absolute Gasteiger partial charge is 0.239 e. The van der Waals surface area contributed by atoms with Crippen molar-refractivity contribution >= 4 is 5.91 Å². The molecule has 0 fully saturated rings. The van der Waals surface area contributed by atoms with E-state index in [1.165, 1.54) is 5.56 Å². The van der Waals surface area contributed by atoms with E-state index in [0.29, 0.717) is 13.2 Å². The zero-order chi connectivity index (χ0) is 12.8. The predicted molar refractivity (Wildman–Crippen MR) is 67.7 cm³/mol. The number of rotatable bonds is 6. The van der Waals surface area contributed by atoms with Crippen molar-refractivity contribution in [3.8, 4) is 0 Å². The van der Waals surface area contributed by atoms with E-state index in [2.05, 4.69) is 5.32 Å². The number of methoxy groups -OCH3 is 1. The van der Waals surface area contributed by atoms with E-state index in [1.54, 1.807) is 7.11 Å². The van der Waals surface area contributed by atoms with Gasteiger partial charge in [0.1, 0.15) is 6.04 Å². The van der Waals surface area contributed by atoms with Gasteiger partial charge in [-0.15, -0.1) is 0 Å². The van der Waals surface area contributed by atoms with Crippen molar-refractivity contribution in [3.05, 3.63) is 34.9 Å². The predicted octanol–water partition coefficient (Wildman–Crippen LogP) is 1.07. The molecule has 0 aliphatic heterocycles. The van der Waals surface area contributed by atoms with Gasteiger partial charge in [0, 0.05) is 13.7 Å². The standard InChI is InChI=1S/C13H20N2O2/c1-9-4-5-11(8-10(9)2)12(13(14)16)15-6-7-17-3/h4-5,8,12,15H,6-7H2,1-3H3,(H2,14,16). The molecule has 0 aliphatic rings. The van der Waals surface area contributed by atoms with Crippen LogP contribution in [-0.4, -0.2) is 26.2 Å². The first-order chi connectivity index (χ1) is 8.06. The molecule has 1 rings (SSSR count). The first kappa shape index (κ1) is 13.7. The molecule has 0 saturated heterocycles. The quantitative estimate of drug-likeness (QED) is 0.726. The highest BCUT2D eigenvalue weighted by Crippen LogP contribution is 2.16. The summed E-state index contributed by atoms with van der Waals surface area (Å²) in [5.74, 6) is -0.371. The second kappa shape index (κ2) is 6.37. The van der Waals surface area contributed by atoms with Crippen LogP contribution in [0.3, 0.4) is 0 Å². The van der Waals surface area contributed by atoms with E-state index in [1.807, 2.05) is 32.0 Å². The first-order valence-corrected chi connectivity index (χ1v) is 5.65. The van der Waals surface area contributed by atoms with Gasteiger partial charge in [-0.05, 0) is 30.5 Å². The number of primary amides is 1. The van der Waals surface area contributed by atoms with Crippen LogP contribution in [0.15, 0.2) is 18.2 Å². The summed E-state index contributed by atoms with van der Waals surface area (Å²) in [5, 5.41) is 3.08. The molecule has 0 spiro atoms. The number of aryl methyl sites for hydroxylation is 2. The number of amides is 1. The van der Waals surface area contributed by atoms with Crippen LogP contribution in [0.25, 0.3) is 0 Å². The fourth-order valence-electron chi connectivity index (χ4n) is 1.63. The van der Waals surface area contributed by atoms with E-state index in [-0.39, 0.29) is 5.91 Å². The Morgan fingerprint density at radius 3 is 2.65 bits per heavy atom. The molecule has 0 radical (unpaired) electrons. The minimum Gasteiger partial charge on any atom is -0.383 e. The summed E-state index contributed by atoms with van der Waals surface area (Å²) >= 11 is 0. The molecule has 1 amide bonds. The van der Waals surface area contributed by atoms with Crippen molar-refractivity contribution in [2.24, 2.45) is 5.73 Å². The van der Waals surface area contributed by atoms with Crippen molar-refractivity contribution in [1.82, 2.24) is 5.32 Å². The van der Waals surface area contributed by atoms with Gasteiger partial charge in [-0.1, -0.05) is 18.2 Å². The maximum Gasteiger partial charge on any atom is 0.239 e. The van der Waals surface area contributed by atoms with Crippen molar-refractivity contribution < 1.29 is 9.53 Å². The summed E-state index contributed by atoms with van der Waals surface area (Å²) < 4.78 is 4.94. The second-order valence-electron chi connectivity index (χ2n) is 4.13. The first-order valence-electron chi connectivity index (χ1n) is 5.65. The Morgan fingerprint density at radius 2 is 2.12 bits per heavy atom. The highest BCUT2D eigenvalue weighted by molar-refractivity contribution is 5.81. The Morgan fingerprint density at radius 1 is 1.41 bits per heavy atom. The molecule has 94 valence electrons. The van der Waals surface area contributed by atoms with Crippen LogP contribution in [0.1, 0.15) is 22.7 Å². The zero-order valence-electron chi connectivity index (χ0n) is 10.6. The molecular weight excluding hydrogens is 216 g/mol. The van der Waals surface area contributed by atoms with E-state index >= 15 is 0 Å². The van der Waals surface area contributed by atoms with Crippen LogP contribution in [0.4, 0.5) is 0 Å². The number of nitrogens with one attached hydrogen (secondary N) is 1. The molecule has 1 aromatic carbocycles. The number of carbonyl (C=O) groups excluding carboxylic acids is 1. The van der Waals surface area contributed by atoms with Gasteiger partial charge < -0.3 is 10.5 Å². The molecule has 0 aliphatic carbocycles. The van der Waals surface area contributed by atoms with Crippen molar-refractivity contribution in [1.29, 1.82) is 0 Å². The molecular formula is C13H20N2O2.